The van der Waals surface area contributed by atoms with Crippen molar-refractivity contribution in [3.63, 3.8) is 0 Å². The number of anilines is 1. The molecule has 6 unspecified atom stereocenters. The minimum atomic E-state index is -1.06. The van der Waals surface area contributed by atoms with Crippen LogP contribution in [0, 0.1) is 22.7 Å². The monoisotopic (exact) mass is 378 g/mol. The summed E-state index contributed by atoms with van der Waals surface area (Å²) in [4.78, 5) is 42.0. The van der Waals surface area contributed by atoms with Crippen LogP contribution in [-0.4, -0.2) is 30.9 Å². The van der Waals surface area contributed by atoms with Crippen LogP contribution < -0.4 is 10.2 Å². The van der Waals surface area contributed by atoms with Gasteiger partial charge in [0.25, 0.3) is 0 Å². The fourth-order valence-corrected chi connectivity index (χ4v) is 7.61. The highest BCUT2D eigenvalue weighted by Crippen LogP contribution is 2.80. The number of ketones is 1. The van der Waals surface area contributed by atoms with E-state index in [0.29, 0.717) is 0 Å². The SMILES string of the molecule is C=CC1(C)C(=O)C2C3C4OC(=O)NC41c1cccc4c1C2(C(=O)N4C)C3(C)C. The molecular weight excluding hydrogens is 356 g/mol. The number of nitrogens with one attached hydrogen (secondary N) is 1. The summed E-state index contributed by atoms with van der Waals surface area (Å²) in [6, 6.07) is 5.77. The Balaban J connectivity index is 1.87. The van der Waals surface area contributed by atoms with E-state index >= 15 is 0 Å². The maximum absolute atomic E-state index is 14.0. The van der Waals surface area contributed by atoms with Crippen LogP contribution in [0.15, 0.2) is 30.9 Å². The molecule has 5 aliphatic rings. The third-order valence-corrected chi connectivity index (χ3v) is 8.85. The largest absolute Gasteiger partial charge is 0.443 e. The van der Waals surface area contributed by atoms with Crippen LogP contribution >= 0.6 is 0 Å². The highest BCUT2D eigenvalue weighted by molar-refractivity contribution is 6.16. The minimum Gasteiger partial charge on any atom is -0.443 e. The molecule has 4 bridgehead atoms. The Labute approximate surface area is 162 Å². The molecule has 1 saturated heterocycles. The molecule has 1 aromatic carbocycles. The van der Waals surface area contributed by atoms with Gasteiger partial charge in [0.1, 0.15) is 17.4 Å². The van der Waals surface area contributed by atoms with Crippen molar-refractivity contribution in [3.8, 4) is 0 Å². The molecular formula is C22H22N2O4. The van der Waals surface area contributed by atoms with E-state index in [9.17, 15) is 14.4 Å². The number of Topliss-reactive ketones (excluding diaryl/α,β-unsaturated/α-hetero) is 1. The molecule has 2 aliphatic heterocycles. The van der Waals surface area contributed by atoms with Crippen molar-refractivity contribution in [2.45, 2.75) is 37.8 Å². The maximum Gasteiger partial charge on any atom is 0.408 e. The lowest BCUT2D eigenvalue weighted by molar-refractivity contribution is -0.212. The van der Waals surface area contributed by atoms with Gasteiger partial charge in [0.15, 0.2) is 0 Å². The van der Waals surface area contributed by atoms with Gasteiger partial charge in [0, 0.05) is 24.6 Å². The number of likely N-dealkylation sites (N-methyl/N-ethyl adjacent to an activating group) is 1. The van der Waals surface area contributed by atoms with E-state index in [0.717, 1.165) is 16.8 Å². The lowest BCUT2D eigenvalue weighted by atomic mass is 9.33. The van der Waals surface area contributed by atoms with E-state index < -0.39 is 39.9 Å². The summed E-state index contributed by atoms with van der Waals surface area (Å²) in [5.41, 5.74) is -1.04. The summed E-state index contributed by atoms with van der Waals surface area (Å²) < 4.78 is 5.85. The number of hydrogen-bond acceptors (Lipinski definition) is 4. The molecule has 144 valence electrons. The summed E-state index contributed by atoms with van der Waals surface area (Å²) >= 11 is 0. The van der Waals surface area contributed by atoms with E-state index in [1.165, 1.54) is 0 Å². The Bertz CT molecular complexity index is 1060. The summed E-state index contributed by atoms with van der Waals surface area (Å²) in [6.45, 7) is 9.88. The van der Waals surface area contributed by atoms with Crippen molar-refractivity contribution in [1.82, 2.24) is 5.32 Å². The van der Waals surface area contributed by atoms with Gasteiger partial charge < -0.3 is 15.0 Å². The lowest BCUT2D eigenvalue weighted by Crippen LogP contribution is -2.79. The second-order valence-corrected chi connectivity index (χ2v) is 9.63. The smallest absolute Gasteiger partial charge is 0.408 e. The van der Waals surface area contributed by atoms with Crippen LogP contribution in [0.4, 0.5) is 10.5 Å². The highest BCUT2D eigenvalue weighted by Gasteiger charge is 2.89. The molecule has 2 heterocycles. The van der Waals surface area contributed by atoms with Crippen molar-refractivity contribution in [3.05, 3.63) is 42.0 Å². The van der Waals surface area contributed by atoms with Crippen LogP contribution in [0.3, 0.4) is 0 Å². The molecule has 0 radical (unpaired) electrons. The van der Waals surface area contributed by atoms with E-state index in [2.05, 4.69) is 11.9 Å². The average molecular weight is 378 g/mol. The molecule has 6 nitrogen and oxygen atoms in total. The van der Waals surface area contributed by atoms with Gasteiger partial charge in [-0.2, -0.15) is 0 Å². The van der Waals surface area contributed by atoms with Gasteiger partial charge in [0.2, 0.25) is 5.91 Å². The van der Waals surface area contributed by atoms with Gasteiger partial charge in [-0.1, -0.05) is 32.1 Å². The number of amides is 2. The summed E-state index contributed by atoms with van der Waals surface area (Å²) in [5.74, 6) is -0.831. The summed E-state index contributed by atoms with van der Waals surface area (Å²) in [6.07, 6.45) is 0.597. The normalized spacial score (nSPS) is 45.6. The molecule has 1 spiro atoms. The average Bonchev–Trinajstić information content (AvgIpc) is 3.06. The Hall–Kier alpha value is -2.63. The lowest BCUT2D eigenvalue weighted by Gasteiger charge is -2.68. The van der Waals surface area contributed by atoms with Crippen LogP contribution in [-0.2, 0) is 25.3 Å². The fourth-order valence-electron chi connectivity index (χ4n) is 7.61. The molecule has 1 N–H and O–H groups in total. The van der Waals surface area contributed by atoms with Crippen molar-refractivity contribution < 1.29 is 19.1 Å². The first-order valence-corrected chi connectivity index (χ1v) is 9.71. The highest BCUT2D eigenvalue weighted by atomic mass is 16.6. The topological polar surface area (TPSA) is 75.7 Å². The molecule has 6 heteroatoms. The van der Waals surface area contributed by atoms with Crippen LogP contribution in [0.5, 0.6) is 0 Å². The second-order valence-electron chi connectivity index (χ2n) is 9.63. The van der Waals surface area contributed by atoms with Crippen molar-refractivity contribution >= 4 is 23.5 Å². The molecule has 6 rings (SSSR count). The third-order valence-electron chi connectivity index (χ3n) is 8.85. The van der Waals surface area contributed by atoms with Crippen LogP contribution in [0.25, 0.3) is 0 Å². The molecule has 2 saturated carbocycles. The van der Waals surface area contributed by atoms with E-state index in [-0.39, 0.29) is 17.6 Å². The van der Waals surface area contributed by atoms with Crippen molar-refractivity contribution in [2.24, 2.45) is 22.7 Å². The number of ether oxygens (including phenoxy) is 1. The van der Waals surface area contributed by atoms with E-state index in [1.807, 2.05) is 39.0 Å². The van der Waals surface area contributed by atoms with Gasteiger partial charge >= 0.3 is 6.09 Å². The molecule has 28 heavy (non-hydrogen) atoms. The van der Waals surface area contributed by atoms with Gasteiger partial charge in [-0.25, -0.2) is 4.79 Å². The van der Waals surface area contributed by atoms with Gasteiger partial charge in [0.05, 0.1) is 10.8 Å². The Morgan fingerprint density at radius 2 is 1.93 bits per heavy atom. The van der Waals surface area contributed by atoms with Crippen molar-refractivity contribution in [1.29, 1.82) is 0 Å². The van der Waals surface area contributed by atoms with Crippen LogP contribution in [0.2, 0.25) is 0 Å². The van der Waals surface area contributed by atoms with E-state index in [1.54, 1.807) is 18.0 Å². The number of carbonyl (C=O) groups is 3. The summed E-state index contributed by atoms with van der Waals surface area (Å²) in [5, 5.41) is 3.04. The van der Waals surface area contributed by atoms with Gasteiger partial charge in [-0.3, -0.25) is 9.59 Å². The predicted molar refractivity (Wildman–Crippen MR) is 101 cm³/mol. The van der Waals surface area contributed by atoms with Crippen LogP contribution in [0.1, 0.15) is 31.9 Å². The molecule has 0 aromatic heterocycles. The Kier molecular flexibility index (Phi) is 2.36. The number of alkyl carbamates (subject to hydrolysis) is 1. The molecule has 6 atom stereocenters. The first-order chi connectivity index (χ1) is 13.1. The second kappa shape index (κ2) is 4.04. The number of hydrogen-bond donors (Lipinski definition) is 1. The Morgan fingerprint density at radius 1 is 1.21 bits per heavy atom. The van der Waals surface area contributed by atoms with E-state index in [4.69, 9.17) is 4.74 Å². The first-order valence-electron chi connectivity index (χ1n) is 9.71. The number of benzene rings is 1. The number of rotatable bonds is 1. The van der Waals surface area contributed by atoms with Crippen molar-refractivity contribution in [2.75, 3.05) is 11.9 Å². The molecule has 3 fully saturated rings. The maximum atomic E-state index is 14.0. The number of carbonyl (C=O) groups excluding carboxylic acids is 3. The zero-order valence-corrected chi connectivity index (χ0v) is 16.3. The molecule has 2 amide bonds. The van der Waals surface area contributed by atoms with Gasteiger partial charge in [-0.05, 0) is 29.5 Å². The Morgan fingerprint density at radius 3 is 2.61 bits per heavy atom. The molecule has 1 aromatic rings. The zero-order chi connectivity index (χ0) is 20.0. The fraction of sp³-hybridized carbons (Fsp3) is 0.500. The third kappa shape index (κ3) is 1.09. The standard InChI is InChI=1S/C22H22N2O4/c1-6-20(4)15(25)13-14-16-22(20,23-18(27)28-16)10-8-7-9-11-12(10)21(13,19(14,2)3)17(26)24(11)5/h6-9,13-14,16H,1H2,2-5H3,(H,23,27). The quantitative estimate of drug-likeness (QED) is 0.761. The number of nitrogens with zero attached hydrogens (tertiary/aromatic N) is 1. The molecule has 3 aliphatic carbocycles. The zero-order valence-electron chi connectivity index (χ0n) is 16.3. The van der Waals surface area contributed by atoms with Gasteiger partial charge in [-0.15, -0.1) is 6.58 Å². The minimum absolute atomic E-state index is 0.0281. The summed E-state index contributed by atoms with van der Waals surface area (Å²) in [7, 11) is 1.77. The predicted octanol–water partition coefficient (Wildman–Crippen LogP) is 2.27. The first kappa shape index (κ1) is 16.3.